The molecule has 0 aliphatic heterocycles. The minimum Gasteiger partial charge on any atom is -0.312 e. The highest BCUT2D eigenvalue weighted by atomic mass is 15.2. The van der Waals surface area contributed by atoms with Crippen LogP contribution in [0.5, 0.6) is 0 Å². The molecule has 0 radical (unpaired) electrons. The summed E-state index contributed by atoms with van der Waals surface area (Å²) in [4.78, 5) is 2.56. The van der Waals surface area contributed by atoms with Crippen LogP contribution in [0.4, 0.5) is 0 Å². The molecule has 1 atom stereocenters. The first-order valence-corrected chi connectivity index (χ1v) is 7.20. The summed E-state index contributed by atoms with van der Waals surface area (Å²) in [6.07, 6.45) is 1.20. The number of rotatable bonds is 7. The average molecular weight is 242 g/mol. The Bertz CT molecular complexity index is 199. The summed E-state index contributed by atoms with van der Waals surface area (Å²) >= 11 is 0. The highest BCUT2D eigenvalue weighted by molar-refractivity contribution is 4.99. The van der Waals surface area contributed by atoms with Gasteiger partial charge in [0.25, 0.3) is 0 Å². The van der Waals surface area contributed by atoms with E-state index in [0.717, 1.165) is 19.6 Å². The lowest BCUT2D eigenvalue weighted by molar-refractivity contribution is 0.0424. The van der Waals surface area contributed by atoms with Gasteiger partial charge in [-0.15, -0.1) is 0 Å². The molecular weight excluding hydrogens is 208 g/mol. The molecule has 0 aromatic rings. The topological polar surface area (TPSA) is 15.3 Å². The molecule has 0 aromatic heterocycles. The Morgan fingerprint density at radius 2 is 1.41 bits per heavy atom. The fraction of sp³-hybridized carbons (Fsp3) is 1.00. The fourth-order valence-corrected chi connectivity index (χ4v) is 3.13. The second kappa shape index (κ2) is 6.75. The molecule has 0 aromatic carbocycles. The zero-order valence-corrected chi connectivity index (χ0v) is 13.4. The lowest BCUT2D eigenvalue weighted by Gasteiger charge is -2.49. The van der Waals surface area contributed by atoms with Gasteiger partial charge in [-0.05, 0) is 45.3 Å². The predicted molar refractivity (Wildman–Crippen MR) is 78.5 cm³/mol. The van der Waals surface area contributed by atoms with Crippen LogP contribution in [0.2, 0.25) is 0 Å². The monoisotopic (exact) mass is 242 g/mol. The van der Waals surface area contributed by atoms with Gasteiger partial charge in [0.2, 0.25) is 0 Å². The van der Waals surface area contributed by atoms with Gasteiger partial charge in [-0.2, -0.15) is 0 Å². The molecular formula is C15H34N2. The number of nitrogens with zero attached hydrogens (tertiary/aromatic N) is 1. The van der Waals surface area contributed by atoms with Crippen LogP contribution in [-0.2, 0) is 0 Å². The third-order valence-corrected chi connectivity index (χ3v) is 3.75. The maximum absolute atomic E-state index is 3.76. The maximum atomic E-state index is 3.76. The molecule has 0 bridgehead atoms. The quantitative estimate of drug-likeness (QED) is 0.735. The third kappa shape index (κ3) is 4.59. The van der Waals surface area contributed by atoms with Crippen molar-refractivity contribution in [3.63, 3.8) is 0 Å². The third-order valence-electron chi connectivity index (χ3n) is 3.75. The van der Waals surface area contributed by atoms with Gasteiger partial charge >= 0.3 is 0 Å². The molecule has 0 aliphatic rings. The van der Waals surface area contributed by atoms with Crippen molar-refractivity contribution in [2.24, 2.45) is 5.41 Å². The van der Waals surface area contributed by atoms with Crippen molar-refractivity contribution in [3.8, 4) is 0 Å². The molecule has 0 saturated heterocycles. The second-order valence-electron chi connectivity index (χ2n) is 6.58. The average Bonchev–Trinajstić information content (AvgIpc) is 2.17. The van der Waals surface area contributed by atoms with Gasteiger partial charge in [-0.1, -0.05) is 41.5 Å². The van der Waals surface area contributed by atoms with E-state index in [4.69, 9.17) is 0 Å². The summed E-state index contributed by atoms with van der Waals surface area (Å²) in [7, 11) is 0. The summed E-state index contributed by atoms with van der Waals surface area (Å²) in [5.41, 5.74) is 0.470. The van der Waals surface area contributed by atoms with E-state index in [9.17, 15) is 0 Å². The molecule has 0 heterocycles. The summed E-state index contributed by atoms with van der Waals surface area (Å²) < 4.78 is 0. The summed E-state index contributed by atoms with van der Waals surface area (Å²) in [6.45, 7) is 21.8. The van der Waals surface area contributed by atoms with Crippen LogP contribution < -0.4 is 5.32 Å². The molecule has 0 saturated carbocycles. The van der Waals surface area contributed by atoms with E-state index in [-0.39, 0.29) is 11.0 Å². The van der Waals surface area contributed by atoms with E-state index in [2.05, 4.69) is 65.6 Å². The molecule has 17 heavy (non-hydrogen) atoms. The van der Waals surface area contributed by atoms with Gasteiger partial charge in [0, 0.05) is 11.6 Å². The van der Waals surface area contributed by atoms with E-state index in [1.807, 2.05) is 0 Å². The first-order valence-electron chi connectivity index (χ1n) is 7.20. The number of likely N-dealkylation sites (N-methyl/N-ethyl adjacent to an activating group) is 1. The minimum atomic E-state index is 0.191. The minimum absolute atomic E-state index is 0.191. The summed E-state index contributed by atoms with van der Waals surface area (Å²) in [5, 5.41) is 3.76. The maximum Gasteiger partial charge on any atom is 0.0311 e. The molecule has 2 nitrogen and oxygen atoms in total. The summed E-state index contributed by atoms with van der Waals surface area (Å²) in [5.74, 6) is 0. The van der Waals surface area contributed by atoms with Crippen LogP contribution >= 0.6 is 0 Å². The van der Waals surface area contributed by atoms with Crippen LogP contribution in [0, 0.1) is 5.41 Å². The van der Waals surface area contributed by atoms with Crippen LogP contribution in [0.25, 0.3) is 0 Å². The van der Waals surface area contributed by atoms with Crippen molar-refractivity contribution in [2.45, 2.75) is 73.4 Å². The van der Waals surface area contributed by atoms with Crippen LogP contribution in [-0.4, -0.2) is 36.1 Å². The molecule has 0 spiro atoms. The molecule has 2 heteroatoms. The molecule has 0 rings (SSSR count). The lowest BCUT2D eigenvalue weighted by atomic mass is 9.75. The van der Waals surface area contributed by atoms with Crippen molar-refractivity contribution in [1.29, 1.82) is 0 Å². The Kier molecular flexibility index (Phi) is 6.71. The van der Waals surface area contributed by atoms with E-state index in [1.165, 1.54) is 6.42 Å². The van der Waals surface area contributed by atoms with E-state index in [1.54, 1.807) is 0 Å². The second-order valence-corrected chi connectivity index (χ2v) is 6.58. The molecule has 0 aliphatic carbocycles. The molecule has 0 fully saturated rings. The Morgan fingerprint density at radius 3 is 1.71 bits per heavy atom. The first kappa shape index (κ1) is 16.9. The Labute approximate surface area is 109 Å². The number of hydrogen-bond acceptors (Lipinski definition) is 2. The SMILES string of the molecule is CCCNC(C(C)(C)C)C(C)(C)N(CC)CC. The Balaban J connectivity index is 5.00. The van der Waals surface area contributed by atoms with Gasteiger partial charge in [0.05, 0.1) is 0 Å². The zero-order valence-electron chi connectivity index (χ0n) is 13.4. The first-order chi connectivity index (χ1) is 7.71. The van der Waals surface area contributed by atoms with Gasteiger partial charge in [-0.25, -0.2) is 0 Å². The van der Waals surface area contributed by atoms with Crippen molar-refractivity contribution in [2.75, 3.05) is 19.6 Å². The van der Waals surface area contributed by atoms with Crippen molar-refractivity contribution in [3.05, 3.63) is 0 Å². The largest absolute Gasteiger partial charge is 0.312 e. The summed E-state index contributed by atoms with van der Waals surface area (Å²) in [6, 6.07) is 0.509. The highest BCUT2D eigenvalue weighted by Gasteiger charge is 2.40. The zero-order chi connectivity index (χ0) is 13.7. The van der Waals surface area contributed by atoms with E-state index < -0.39 is 0 Å². The van der Waals surface area contributed by atoms with Gasteiger partial charge in [0.15, 0.2) is 0 Å². The van der Waals surface area contributed by atoms with E-state index >= 15 is 0 Å². The normalized spacial score (nSPS) is 15.4. The smallest absolute Gasteiger partial charge is 0.0311 e. The highest BCUT2D eigenvalue weighted by Crippen LogP contribution is 2.31. The van der Waals surface area contributed by atoms with E-state index in [0.29, 0.717) is 6.04 Å². The van der Waals surface area contributed by atoms with Crippen LogP contribution in [0.3, 0.4) is 0 Å². The standard InChI is InChI=1S/C15H34N2/c1-9-12-16-13(14(4,5)6)15(7,8)17(10-2)11-3/h13,16H,9-12H2,1-8H3. The molecule has 1 N–H and O–H groups in total. The van der Waals surface area contributed by atoms with Crippen molar-refractivity contribution in [1.82, 2.24) is 10.2 Å². The fourth-order valence-electron chi connectivity index (χ4n) is 3.13. The van der Waals surface area contributed by atoms with Crippen molar-refractivity contribution >= 4 is 0 Å². The number of hydrogen-bond donors (Lipinski definition) is 1. The molecule has 1 unspecified atom stereocenters. The van der Waals surface area contributed by atoms with Gasteiger partial charge < -0.3 is 5.32 Å². The Morgan fingerprint density at radius 1 is 0.941 bits per heavy atom. The van der Waals surface area contributed by atoms with Crippen LogP contribution in [0.1, 0.15) is 61.8 Å². The number of nitrogens with one attached hydrogen (secondary N) is 1. The van der Waals surface area contributed by atoms with Crippen molar-refractivity contribution < 1.29 is 0 Å². The molecule has 104 valence electrons. The Hall–Kier alpha value is -0.0800. The van der Waals surface area contributed by atoms with Crippen LogP contribution in [0.15, 0.2) is 0 Å². The lowest BCUT2D eigenvalue weighted by Crippen LogP contribution is -2.62. The van der Waals surface area contributed by atoms with Gasteiger partial charge in [0.1, 0.15) is 0 Å². The molecule has 0 amide bonds. The predicted octanol–water partition coefficient (Wildman–Crippen LogP) is 3.52. The van der Waals surface area contributed by atoms with Gasteiger partial charge in [-0.3, -0.25) is 4.90 Å².